The van der Waals surface area contributed by atoms with E-state index < -0.39 is 0 Å². The van der Waals surface area contributed by atoms with Gasteiger partial charge in [0.1, 0.15) is 0 Å². The summed E-state index contributed by atoms with van der Waals surface area (Å²) in [6, 6.07) is 9.77. The fraction of sp³-hybridized carbons (Fsp3) is 0.350. The summed E-state index contributed by atoms with van der Waals surface area (Å²) in [6.07, 6.45) is 0. The summed E-state index contributed by atoms with van der Waals surface area (Å²) in [7, 11) is 0. The van der Waals surface area contributed by atoms with Crippen molar-refractivity contribution >= 4 is 40.9 Å². The van der Waals surface area contributed by atoms with Crippen molar-refractivity contribution < 1.29 is 4.79 Å². The number of thioether (sulfide) groups is 1. The monoisotopic (exact) mass is 395 g/mol. The zero-order valence-corrected chi connectivity index (χ0v) is 17.3. The van der Waals surface area contributed by atoms with Gasteiger partial charge in [-0.1, -0.05) is 41.4 Å². The molecule has 0 aliphatic carbocycles. The Hall–Kier alpha value is -1.16. The lowest BCUT2D eigenvalue weighted by Crippen LogP contribution is -2.28. The van der Waals surface area contributed by atoms with Crippen LogP contribution in [-0.4, -0.2) is 11.7 Å². The summed E-state index contributed by atoms with van der Waals surface area (Å²) in [5.41, 5.74) is 5.88. The molecule has 0 saturated heterocycles. The number of hydrogen-bond donors (Lipinski definition) is 1. The molecule has 2 aromatic carbocycles. The van der Waals surface area contributed by atoms with E-state index in [1.807, 2.05) is 19.1 Å². The number of halogens is 2. The van der Waals surface area contributed by atoms with Crippen molar-refractivity contribution in [3.05, 3.63) is 68.2 Å². The Labute approximate surface area is 164 Å². The summed E-state index contributed by atoms with van der Waals surface area (Å²) in [6.45, 7) is 8.31. The highest BCUT2D eigenvalue weighted by molar-refractivity contribution is 7.99. The maximum atomic E-state index is 12.2. The standard InChI is InChI=1S/C20H23Cl2NOS/c1-12-7-14(3)18(8-13(12)2)15(4)23-20(24)11-25-10-16-5-6-17(21)9-19(16)22/h5-9,15H,10-11H2,1-4H3,(H,23,24). The highest BCUT2D eigenvalue weighted by Crippen LogP contribution is 2.25. The average Bonchev–Trinajstić information content (AvgIpc) is 2.52. The van der Waals surface area contributed by atoms with Crippen molar-refractivity contribution in [2.75, 3.05) is 5.75 Å². The summed E-state index contributed by atoms with van der Waals surface area (Å²) >= 11 is 13.6. The van der Waals surface area contributed by atoms with Crippen molar-refractivity contribution in [1.82, 2.24) is 5.32 Å². The Morgan fingerprint density at radius 2 is 1.76 bits per heavy atom. The van der Waals surface area contributed by atoms with Gasteiger partial charge in [0.15, 0.2) is 0 Å². The zero-order valence-electron chi connectivity index (χ0n) is 15.0. The molecule has 0 saturated carbocycles. The van der Waals surface area contributed by atoms with Crippen LogP contribution >= 0.6 is 35.0 Å². The highest BCUT2D eigenvalue weighted by Gasteiger charge is 2.13. The van der Waals surface area contributed by atoms with Gasteiger partial charge >= 0.3 is 0 Å². The minimum atomic E-state index is -0.00785. The van der Waals surface area contributed by atoms with Gasteiger partial charge in [0.2, 0.25) is 5.91 Å². The minimum absolute atomic E-state index is 0.00785. The SMILES string of the molecule is Cc1cc(C)c(C(C)NC(=O)CSCc2ccc(Cl)cc2Cl)cc1C. The molecule has 1 atom stereocenters. The van der Waals surface area contributed by atoms with Crippen molar-refractivity contribution in [3.8, 4) is 0 Å². The molecule has 2 rings (SSSR count). The first-order valence-electron chi connectivity index (χ1n) is 8.16. The summed E-state index contributed by atoms with van der Waals surface area (Å²) in [5, 5.41) is 4.34. The number of nitrogens with one attached hydrogen (secondary N) is 1. The van der Waals surface area contributed by atoms with Gasteiger partial charge in [0.05, 0.1) is 11.8 Å². The Bertz CT molecular complexity index is 777. The molecule has 134 valence electrons. The van der Waals surface area contributed by atoms with Gasteiger partial charge in [-0.3, -0.25) is 4.79 Å². The molecule has 2 aromatic rings. The van der Waals surface area contributed by atoms with Crippen molar-refractivity contribution in [2.24, 2.45) is 0 Å². The molecule has 0 radical (unpaired) electrons. The van der Waals surface area contributed by atoms with E-state index in [9.17, 15) is 4.79 Å². The highest BCUT2D eigenvalue weighted by atomic mass is 35.5. The minimum Gasteiger partial charge on any atom is -0.349 e. The van der Waals surface area contributed by atoms with Gasteiger partial charge in [-0.15, -0.1) is 11.8 Å². The lowest BCUT2D eigenvalue weighted by atomic mass is 9.96. The molecule has 25 heavy (non-hydrogen) atoms. The molecular weight excluding hydrogens is 373 g/mol. The van der Waals surface area contributed by atoms with Crippen molar-refractivity contribution in [3.63, 3.8) is 0 Å². The number of rotatable bonds is 6. The second-order valence-corrected chi connectivity index (χ2v) is 8.14. The van der Waals surface area contributed by atoms with E-state index in [4.69, 9.17) is 23.2 Å². The lowest BCUT2D eigenvalue weighted by Gasteiger charge is -2.18. The van der Waals surface area contributed by atoms with Crippen LogP contribution in [0, 0.1) is 20.8 Å². The molecule has 0 aromatic heterocycles. The van der Waals surface area contributed by atoms with Crippen LogP contribution in [0.5, 0.6) is 0 Å². The Kier molecular flexibility index (Phi) is 7.24. The van der Waals surface area contributed by atoms with E-state index in [1.54, 1.807) is 17.8 Å². The first kappa shape index (κ1) is 20.2. The quantitative estimate of drug-likeness (QED) is 0.646. The number of carbonyl (C=O) groups is 1. The van der Waals surface area contributed by atoms with Crippen LogP contribution in [0.1, 0.15) is 40.8 Å². The third-order valence-corrected chi connectivity index (χ3v) is 5.80. The van der Waals surface area contributed by atoms with E-state index in [-0.39, 0.29) is 11.9 Å². The molecule has 0 spiro atoms. The number of carbonyl (C=O) groups excluding carboxylic acids is 1. The van der Waals surface area contributed by atoms with Crippen LogP contribution in [0.4, 0.5) is 0 Å². The van der Waals surface area contributed by atoms with Gasteiger partial charge in [-0.05, 0) is 67.6 Å². The second kappa shape index (κ2) is 8.98. The predicted octanol–water partition coefficient (Wildman–Crippen LogP) is 6.03. The second-order valence-electron chi connectivity index (χ2n) is 6.31. The van der Waals surface area contributed by atoms with E-state index in [1.165, 1.54) is 22.3 Å². The lowest BCUT2D eigenvalue weighted by molar-refractivity contribution is -0.119. The largest absolute Gasteiger partial charge is 0.349 e. The smallest absolute Gasteiger partial charge is 0.230 e. The third kappa shape index (κ3) is 5.67. The zero-order chi connectivity index (χ0) is 18.6. The molecule has 2 nitrogen and oxygen atoms in total. The first-order chi connectivity index (χ1) is 11.8. The van der Waals surface area contributed by atoms with Crippen molar-refractivity contribution in [1.29, 1.82) is 0 Å². The Balaban J connectivity index is 1.88. The molecule has 0 heterocycles. The van der Waals surface area contributed by atoms with Crippen LogP contribution < -0.4 is 5.32 Å². The summed E-state index contributed by atoms with van der Waals surface area (Å²) < 4.78 is 0. The Morgan fingerprint density at radius 1 is 1.08 bits per heavy atom. The topological polar surface area (TPSA) is 29.1 Å². The third-order valence-electron chi connectivity index (χ3n) is 4.23. The van der Waals surface area contributed by atoms with E-state index in [0.29, 0.717) is 21.6 Å². The van der Waals surface area contributed by atoms with Gasteiger partial charge in [-0.2, -0.15) is 0 Å². The maximum Gasteiger partial charge on any atom is 0.230 e. The van der Waals surface area contributed by atoms with Crippen LogP contribution in [-0.2, 0) is 10.5 Å². The van der Waals surface area contributed by atoms with Crippen LogP contribution in [0.25, 0.3) is 0 Å². The molecule has 0 bridgehead atoms. The predicted molar refractivity (Wildman–Crippen MR) is 110 cm³/mol. The van der Waals surface area contributed by atoms with Gasteiger partial charge < -0.3 is 5.32 Å². The molecule has 1 amide bonds. The van der Waals surface area contributed by atoms with Crippen LogP contribution in [0.3, 0.4) is 0 Å². The van der Waals surface area contributed by atoms with Gasteiger partial charge in [0, 0.05) is 15.8 Å². The van der Waals surface area contributed by atoms with Crippen molar-refractivity contribution in [2.45, 2.75) is 39.5 Å². The normalized spacial score (nSPS) is 12.1. The average molecular weight is 396 g/mol. The molecule has 1 unspecified atom stereocenters. The fourth-order valence-electron chi connectivity index (χ4n) is 2.70. The van der Waals surface area contributed by atoms with Gasteiger partial charge in [0.25, 0.3) is 0 Å². The number of benzene rings is 2. The molecule has 0 aliphatic heterocycles. The molecule has 0 aliphatic rings. The first-order valence-corrected chi connectivity index (χ1v) is 10.1. The number of amides is 1. The Morgan fingerprint density at radius 3 is 2.44 bits per heavy atom. The van der Waals surface area contributed by atoms with E-state index in [2.05, 4.69) is 38.2 Å². The maximum absolute atomic E-state index is 12.2. The van der Waals surface area contributed by atoms with E-state index in [0.717, 1.165) is 5.56 Å². The number of aryl methyl sites for hydroxylation is 3. The summed E-state index contributed by atoms with van der Waals surface area (Å²) in [5.74, 6) is 1.11. The van der Waals surface area contributed by atoms with Crippen LogP contribution in [0.2, 0.25) is 10.0 Å². The molecule has 0 fully saturated rings. The molecule has 1 N–H and O–H groups in total. The molecule has 5 heteroatoms. The molecular formula is C20H23Cl2NOS. The number of hydrogen-bond acceptors (Lipinski definition) is 2. The summed E-state index contributed by atoms with van der Waals surface area (Å²) in [4.78, 5) is 12.2. The fourth-order valence-corrected chi connectivity index (χ4v) is 4.10. The van der Waals surface area contributed by atoms with Crippen LogP contribution in [0.15, 0.2) is 30.3 Å². The van der Waals surface area contributed by atoms with Gasteiger partial charge in [-0.25, -0.2) is 0 Å². The van der Waals surface area contributed by atoms with E-state index >= 15 is 0 Å².